The van der Waals surface area contributed by atoms with Crippen molar-refractivity contribution in [2.24, 2.45) is 0 Å². The first-order valence-corrected chi connectivity index (χ1v) is 25.6. The minimum atomic E-state index is -1.78. The van der Waals surface area contributed by atoms with Crippen LogP contribution in [0.4, 0.5) is 0 Å². The Morgan fingerprint density at radius 2 is 0.984 bits per heavy atom. The number of rotatable bonds is 39. The van der Waals surface area contributed by atoms with Gasteiger partial charge in [0, 0.05) is 6.42 Å². The molecule has 0 bridgehead atoms. The van der Waals surface area contributed by atoms with Crippen molar-refractivity contribution in [3.63, 3.8) is 0 Å². The average Bonchev–Trinajstić information content (AvgIpc) is 3.29. The number of allylic oxidation sites excluding steroid dienone is 3. The van der Waals surface area contributed by atoms with Crippen LogP contribution >= 0.6 is 0 Å². The first-order chi connectivity index (χ1) is 31.1. The van der Waals surface area contributed by atoms with E-state index in [1.807, 2.05) is 6.08 Å². The Labute approximate surface area is 386 Å². The summed E-state index contributed by atoms with van der Waals surface area (Å²) in [6.07, 6.45) is 24.0. The van der Waals surface area contributed by atoms with Crippen molar-refractivity contribution in [1.29, 1.82) is 0 Å². The molecule has 2 aliphatic heterocycles. The quantitative estimate of drug-likeness (QED) is 0.0236. The third-order valence-electron chi connectivity index (χ3n) is 12.6. The smallest absolute Gasteiger partial charge is 0.220 e. The second-order valence-corrected chi connectivity index (χ2v) is 18.3. The standard InChI is InChI=1S/C50H93NO13/c1-3-5-7-9-11-12-13-14-15-16-17-18-19-20-21-22-23-24-25-26-28-30-32-34-42(55)51-38(39(54)33-31-29-27-10-8-6-4-2)37-61-49-47(60)45(58)48(41(36-53)63-49)64-50-46(59)44(57)43(56)40(35-52)62-50/h16-17,31,33,38-41,43-50,52-54,56-60H,3-15,18-30,32,34-37H2,1-2H3,(H,51,55)/b17-16-,33-31+. The molecule has 2 aliphatic rings. The van der Waals surface area contributed by atoms with E-state index in [1.54, 1.807) is 6.08 Å². The van der Waals surface area contributed by atoms with Crippen molar-refractivity contribution in [3.8, 4) is 0 Å². The topological polar surface area (TPSA) is 228 Å². The number of ether oxygens (including phenoxy) is 4. The van der Waals surface area contributed by atoms with E-state index in [4.69, 9.17) is 18.9 Å². The van der Waals surface area contributed by atoms with Crippen LogP contribution in [0.1, 0.15) is 194 Å². The van der Waals surface area contributed by atoms with Gasteiger partial charge in [0.1, 0.15) is 48.8 Å². The summed E-state index contributed by atoms with van der Waals surface area (Å²) in [6.45, 7) is 2.72. The molecule has 0 radical (unpaired) electrons. The maximum atomic E-state index is 13.1. The Hall–Kier alpha value is -1.53. The van der Waals surface area contributed by atoms with Crippen molar-refractivity contribution in [2.75, 3.05) is 19.8 Å². The van der Waals surface area contributed by atoms with Crippen LogP contribution in [0.25, 0.3) is 0 Å². The molecular formula is C50H93NO13. The van der Waals surface area contributed by atoms with Gasteiger partial charge in [0.25, 0.3) is 0 Å². The lowest BCUT2D eigenvalue weighted by Gasteiger charge is -2.46. The van der Waals surface area contributed by atoms with Gasteiger partial charge in [0.2, 0.25) is 5.91 Å². The normalized spacial score (nSPS) is 27.4. The highest BCUT2D eigenvalue weighted by Crippen LogP contribution is 2.30. The monoisotopic (exact) mass is 916 g/mol. The predicted octanol–water partition coefficient (Wildman–Crippen LogP) is 6.55. The predicted molar refractivity (Wildman–Crippen MR) is 249 cm³/mol. The van der Waals surface area contributed by atoms with Crippen molar-refractivity contribution in [1.82, 2.24) is 5.32 Å². The van der Waals surface area contributed by atoms with Crippen molar-refractivity contribution in [2.45, 2.75) is 267 Å². The summed E-state index contributed by atoms with van der Waals surface area (Å²) in [5, 5.41) is 86.4. The van der Waals surface area contributed by atoms with E-state index >= 15 is 0 Å². The Morgan fingerprint density at radius 3 is 1.48 bits per heavy atom. The number of aliphatic hydroxyl groups excluding tert-OH is 8. The van der Waals surface area contributed by atoms with Crippen LogP contribution in [0.3, 0.4) is 0 Å². The van der Waals surface area contributed by atoms with Crippen LogP contribution in [0.5, 0.6) is 0 Å². The van der Waals surface area contributed by atoms with E-state index in [2.05, 4.69) is 31.3 Å². The molecule has 0 aromatic heterocycles. The van der Waals surface area contributed by atoms with Gasteiger partial charge in [0.05, 0.1) is 32.0 Å². The molecule has 0 saturated carbocycles. The zero-order valence-corrected chi connectivity index (χ0v) is 39.8. The third-order valence-corrected chi connectivity index (χ3v) is 12.6. The number of nitrogens with one attached hydrogen (secondary N) is 1. The zero-order valence-electron chi connectivity index (χ0n) is 39.8. The van der Waals surface area contributed by atoms with Gasteiger partial charge in [-0.1, -0.05) is 167 Å². The SMILES string of the molecule is CCCCCCC/C=C/C(O)C(COC1OC(CO)C(OC2OC(CO)C(O)C(O)C2O)C(O)C1O)NC(=O)CCCCCCCCCCCCC/C=C\CCCCCCCCCC. The van der Waals surface area contributed by atoms with Crippen LogP contribution in [0, 0.1) is 0 Å². The molecule has 0 aromatic carbocycles. The Bertz CT molecular complexity index is 1170. The molecule has 12 atom stereocenters. The number of hydrogen-bond acceptors (Lipinski definition) is 13. The molecule has 0 spiro atoms. The Balaban J connectivity index is 1.72. The van der Waals surface area contributed by atoms with Gasteiger partial charge >= 0.3 is 0 Å². The minimum absolute atomic E-state index is 0.244. The molecule has 2 fully saturated rings. The van der Waals surface area contributed by atoms with Crippen molar-refractivity contribution < 1.29 is 64.6 Å². The van der Waals surface area contributed by atoms with Gasteiger partial charge in [-0.15, -0.1) is 0 Å². The maximum absolute atomic E-state index is 13.1. The molecule has 0 aromatic rings. The number of aliphatic hydroxyl groups is 8. The highest BCUT2D eigenvalue weighted by molar-refractivity contribution is 5.76. The summed E-state index contributed by atoms with van der Waals surface area (Å²) in [5.41, 5.74) is 0. The van der Waals surface area contributed by atoms with E-state index in [1.165, 1.54) is 116 Å². The number of carbonyl (C=O) groups is 1. The lowest BCUT2D eigenvalue weighted by Crippen LogP contribution is -2.65. The van der Waals surface area contributed by atoms with E-state index < -0.39 is 86.8 Å². The molecular weight excluding hydrogens is 823 g/mol. The van der Waals surface area contributed by atoms with Gasteiger partial charge in [-0.2, -0.15) is 0 Å². The largest absolute Gasteiger partial charge is 0.394 e. The van der Waals surface area contributed by atoms with E-state index in [0.717, 1.165) is 51.4 Å². The molecule has 376 valence electrons. The summed E-state index contributed by atoms with van der Waals surface area (Å²) in [6, 6.07) is -0.909. The lowest BCUT2D eigenvalue weighted by molar-refractivity contribution is -0.359. The molecule has 1 amide bonds. The molecule has 12 unspecified atom stereocenters. The van der Waals surface area contributed by atoms with Gasteiger partial charge in [-0.25, -0.2) is 0 Å². The molecule has 2 rings (SSSR count). The summed E-state index contributed by atoms with van der Waals surface area (Å²) >= 11 is 0. The van der Waals surface area contributed by atoms with Crippen molar-refractivity contribution in [3.05, 3.63) is 24.3 Å². The fourth-order valence-corrected chi connectivity index (χ4v) is 8.40. The zero-order chi connectivity index (χ0) is 46.8. The van der Waals surface area contributed by atoms with Gasteiger partial charge < -0.3 is 65.1 Å². The average molecular weight is 916 g/mol. The van der Waals surface area contributed by atoms with E-state index in [9.17, 15) is 45.6 Å². The molecule has 64 heavy (non-hydrogen) atoms. The lowest BCUT2D eigenvalue weighted by atomic mass is 9.97. The second-order valence-electron chi connectivity index (χ2n) is 18.3. The van der Waals surface area contributed by atoms with Crippen LogP contribution < -0.4 is 5.32 Å². The summed E-state index contributed by atoms with van der Waals surface area (Å²) < 4.78 is 22.6. The highest BCUT2D eigenvalue weighted by atomic mass is 16.7. The fourth-order valence-electron chi connectivity index (χ4n) is 8.40. The van der Waals surface area contributed by atoms with E-state index in [0.29, 0.717) is 6.42 Å². The summed E-state index contributed by atoms with van der Waals surface area (Å²) in [5.74, 6) is -0.244. The molecule has 9 N–H and O–H groups in total. The molecule has 0 aliphatic carbocycles. The summed E-state index contributed by atoms with van der Waals surface area (Å²) in [4.78, 5) is 13.1. The van der Waals surface area contributed by atoms with Crippen LogP contribution in [-0.2, 0) is 23.7 Å². The van der Waals surface area contributed by atoms with Crippen LogP contribution in [0.15, 0.2) is 24.3 Å². The van der Waals surface area contributed by atoms with Gasteiger partial charge in [-0.05, 0) is 44.9 Å². The number of carbonyl (C=O) groups excluding carboxylic acids is 1. The van der Waals surface area contributed by atoms with Gasteiger partial charge in [-0.3, -0.25) is 4.79 Å². The summed E-state index contributed by atoms with van der Waals surface area (Å²) in [7, 11) is 0. The van der Waals surface area contributed by atoms with Crippen molar-refractivity contribution >= 4 is 5.91 Å². The molecule has 14 nitrogen and oxygen atoms in total. The number of amides is 1. The highest BCUT2D eigenvalue weighted by Gasteiger charge is 2.51. The van der Waals surface area contributed by atoms with Crippen LogP contribution in [-0.4, -0.2) is 140 Å². The first kappa shape index (κ1) is 58.6. The second kappa shape index (κ2) is 37.5. The maximum Gasteiger partial charge on any atom is 0.220 e. The number of unbranched alkanes of at least 4 members (excludes halogenated alkanes) is 24. The third kappa shape index (κ3) is 24.5. The Kier molecular flexibility index (Phi) is 34.3. The van der Waals surface area contributed by atoms with Gasteiger partial charge in [0.15, 0.2) is 12.6 Å². The first-order valence-electron chi connectivity index (χ1n) is 25.6. The molecule has 14 heteroatoms. The number of hydrogen-bond donors (Lipinski definition) is 9. The van der Waals surface area contributed by atoms with E-state index in [-0.39, 0.29) is 18.9 Å². The fraction of sp³-hybridized carbons (Fsp3) is 0.900. The Morgan fingerprint density at radius 1 is 0.547 bits per heavy atom. The van der Waals surface area contributed by atoms with Crippen LogP contribution in [0.2, 0.25) is 0 Å². The molecule has 2 saturated heterocycles. The minimum Gasteiger partial charge on any atom is -0.394 e. The molecule has 2 heterocycles.